The summed E-state index contributed by atoms with van der Waals surface area (Å²) in [7, 11) is 0. The molecule has 1 aromatic heterocycles. The number of thiophene rings is 1. The highest BCUT2D eigenvalue weighted by atomic mass is 32.1. The molecular weight excluding hydrogens is 262 g/mol. The van der Waals surface area contributed by atoms with Crippen LogP contribution in [0.15, 0.2) is 41.8 Å². The van der Waals surface area contributed by atoms with Gasteiger partial charge in [-0.25, -0.2) is 0 Å². The third kappa shape index (κ3) is 3.94. The highest BCUT2D eigenvalue weighted by molar-refractivity contribution is 7.10. The van der Waals surface area contributed by atoms with E-state index in [1.54, 1.807) is 0 Å². The van der Waals surface area contributed by atoms with Gasteiger partial charge in [0.1, 0.15) is 0 Å². The Labute approximate surface area is 127 Å². The van der Waals surface area contributed by atoms with E-state index in [4.69, 9.17) is 0 Å². The van der Waals surface area contributed by atoms with Crippen LogP contribution in [0.25, 0.3) is 0 Å². The highest BCUT2D eigenvalue weighted by Crippen LogP contribution is 2.24. The summed E-state index contributed by atoms with van der Waals surface area (Å²) < 4.78 is 0. The number of aryl methyl sites for hydroxylation is 1. The van der Waals surface area contributed by atoms with Gasteiger partial charge in [0.25, 0.3) is 0 Å². The monoisotopic (exact) mass is 287 g/mol. The molecule has 1 aromatic carbocycles. The lowest BCUT2D eigenvalue weighted by molar-refractivity contribution is 0.462. The molecular formula is C18H25NS. The van der Waals surface area contributed by atoms with E-state index in [0.717, 1.165) is 19.5 Å². The number of hydrogen-bond acceptors (Lipinski definition) is 2. The summed E-state index contributed by atoms with van der Waals surface area (Å²) in [6, 6.07) is 13.1. The zero-order valence-electron chi connectivity index (χ0n) is 12.7. The number of rotatable bonds is 7. The summed E-state index contributed by atoms with van der Waals surface area (Å²) in [6.45, 7) is 8.88. The van der Waals surface area contributed by atoms with Gasteiger partial charge in [-0.2, -0.15) is 0 Å². The Morgan fingerprint density at radius 3 is 2.50 bits per heavy atom. The van der Waals surface area contributed by atoms with Gasteiger partial charge in [-0.15, -0.1) is 11.3 Å². The van der Waals surface area contributed by atoms with Gasteiger partial charge >= 0.3 is 0 Å². The van der Waals surface area contributed by atoms with Crippen molar-refractivity contribution in [3.8, 4) is 0 Å². The average molecular weight is 287 g/mol. The molecule has 1 heterocycles. The molecule has 1 atom stereocenters. The van der Waals surface area contributed by atoms with Crippen LogP contribution in [-0.2, 0) is 13.0 Å². The maximum atomic E-state index is 3.65. The van der Waals surface area contributed by atoms with E-state index in [9.17, 15) is 0 Å². The van der Waals surface area contributed by atoms with Crippen LogP contribution in [0.3, 0.4) is 0 Å². The van der Waals surface area contributed by atoms with Crippen LogP contribution < -0.4 is 5.32 Å². The van der Waals surface area contributed by atoms with Gasteiger partial charge in [0.15, 0.2) is 0 Å². The van der Waals surface area contributed by atoms with Crippen molar-refractivity contribution in [1.82, 2.24) is 5.32 Å². The Morgan fingerprint density at radius 1 is 1.10 bits per heavy atom. The minimum atomic E-state index is 0.584. The van der Waals surface area contributed by atoms with Crippen molar-refractivity contribution >= 4 is 11.3 Å². The summed E-state index contributed by atoms with van der Waals surface area (Å²) in [5.74, 6) is 1.24. The molecule has 1 nitrogen and oxygen atoms in total. The van der Waals surface area contributed by atoms with Gasteiger partial charge in [0.05, 0.1) is 0 Å². The van der Waals surface area contributed by atoms with Crippen LogP contribution >= 0.6 is 11.3 Å². The first kappa shape index (κ1) is 15.3. The van der Waals surface area contributed by atoms with Crippen LogP contribution in [0.1, 0.15) is 42.7 Å². The minimum absolute atomic E-state index is 0.584. The first-order valence-electron chi connectivity index (χ1n) is 7.53. The van der Waals surface area contributed by atoms with Gasteiger partial charge in [-0.3, -0.25) is 0 Å². The summed E-state index contributed by atoms with van der Waals surface area (Å²) in [5.41, 5.74) is 2.93. The molecule has 0 aliphatic heterocycles. The Kier molecular flexibility index (Phi) is 5.81. The van der Waals surface area contributed by atoms with Gasteiger partial charge in [0.2, 0.25) is 0 Å². The van der Waals surface area contributed by atoms with Crippen LogP contribution in [0.5, 0.6) is 0 Å². The highest BCUT2D eigenvalue weighted by Gasteiger charge is 2.15. The van der Waals surface area contributed by atoms with Crippen LogP contribution in [0, 0.1) is 5.92 Å². The lowest BCUT2D eigenvalue weighted by Gasteiger charge is -2.22. The predicted molar refractivity (Wildman–Crippen MR) is 89.4 cm³/mol. The summed E-state index contributed by atoms with van der Waals surface area (Å²) in [5, 5.41) is 5.85. The fourth-order valence-electron chi connectivity index (χ4n) is 2.62. The van der Waals surface area contributed by atoms with Crippen molar-refractivity contribution in [2.75, 3.05) is 6.54 Å². The molecule has 1 unspecified atom stereocenters. The van der Waals surface area contributed by atoms with Crippen molar-refractivity contribution in [3.05, 3.63) is 57.8 Å². The van der Waals surface area contributed by atoms with Gasteiger partial charge in [-0.05, 0) is 40.8 Å². The second kappa shape index (κ2) is 7.61. The molecule has 0 bridgehead atoms. The van der Waals surface area contributed by atoms with Crippen molar-refractivity contribution in [2.24, 2.45) is 5.92 Å². The molecule has 0 saturated carbocycles. The molecule has 0 aliphatic rings. The van der Waals surface area contributed by atoms with Crippen LogP contribution in [0.4, 0.5) is 0 Å². The minimum Gasteiger partial charge on any atom is -0.311 e. The molecule has 108 valence electrons. The Bertz CT molecular complexity index is 501. The number of nitrogens with one attached hydrogen (secondary N) is 1. The number of hydrogen-bond donors (Lipinski definition) is 1. The standard InChI is InChI=1S/C18H25NS/c1-4-15-10-11-20-18(15)13-19-12-17(14(2)3)16-8-6-5-7-9-16/h5-11,14,17,19H,4,12-13H2,1-3H3. The van der Waals surface area contributed by atoms with E-state index in [-0.39, 0.29) is 0 Å². The molecule has 0 aliphatic carbocycles. The van der Waals surface area contributed by atoms with E-state index in [2.05, 4.69) is 67.9 Å². The molecule has 0 fully saturated rings. The normalized spacial score (nSPS) is 12.8. The summed E-state index contributed by atoms with van der Waals surface area (Å²) >= 11 is 1.87. The van der Waals surface area contributed by atoms with Gasteiger partial charge in [-0.1, -0.05) is 51.1 Å². The summed E-state index contributed by atoms with van der Waals surface area (Å²) in [6.07, 6.45) is 1.13. The molecule has 2 aromatic rings. The largest absolute Gasteiger partial charge is 0.311 e. The molecule has 0 saturated heterocycles. The molecule has 2 rings (SSSR count). The van der Waals surface area contributed by atoms with Gasteiger partial charge in [0, 0.05) is 18.0 Å². The predicted octanol–water partition coefficient (Wildman–Crippen LogP) is 4.84. The van der Waals surface area contributed by atoms with Gasteiger partial charge < -0.3 is 5.32 Å². The Hall–Kier alpha value is -1.12. The van der Waals surface area contributed by atoms with Crippen molar-refractivity contribution < 1.29 is 0 Å². The summed E-state index contributed by atoms with van der Waals surface area (Å²) in [4.78, 5) is 1.49. The van der Waals surface area contributed by atoms with E-state index < -0.39 is 0 Å². The maximum absolute atomic E-state index is 3.65. The SMILES string of the molecule is CCc1ccsc1CNCC(c1ccccc1)C(C)C. The molecule has 1 N–H and O–H groups in total. The fourth-order valence-corrected chi connectivity index (χ4v) is 3.56. The Balaban J connectivity index is 1.94. The third-order valence-corrected chi connectivity index (χ3v) is 4.86. The first-order valence-corrected chi connectivity index (χ1v) is 8.41. The maximum Gasteiger partial charge on any atom is 0.0302 e. The third-order valence-electron chi connectivity index (χ3n) is 3.90. The quantitative estimate of drug-likeness (QED) is 0.768. The smallest absolute Gasteiger partial charge is 0.0302 e. The lowest BCUT2D eigenvalue weighted by atomic mass is 9.88. The number of benzene rings is 1. The molecule has 0 amide bonds. The van der Waals surface area contributed by atoms with Crippen molar-refractivity contribution in [2.45, 2.75) is 39.7 Å². The zero-order chi connectivity index (χ0) is 14.4. The second-order valence-corrected chi connectivity index (χ2v) is 6.62. The molecule has 0 radical (unpaired) electrons. The fraction of sp³-hybridized carbons (Fsp3) is 0.444. The lowest BCUT2D eigenvalue weighted by Crippen LogP contribution is -2.24. The van der Waals surface area contributed by atoms with Crippen LogP contribution in [-0.4, -0.2) is 6.54 Å². The Morgan fingerprint density at radius 2 is 1.85 bits per heavy atom. The zero-order valence-corrected chi connectivity index (χ0v) is 13.5. The first-order chi connectivity index (χ1) is 9.72. The van der Waals surface area contributed by atoms with E-state index in [1.165, 1.54) is 16.0 Å². The van der Waals surface area contributed by atoms with Crippen molar-refractivity contribution in [3.63, 3.8) is 0 Å². The molecule has 0 spiro atoms. The van der Waals surface area contributed by atoms with E-state index >= 15 is 0 Å². The average Bonchev–Trinajstić information content (AvgIpc) is 2.91. The van der Waals surface area contributed by atoms with Crippen molar-refractivity contribution in [1.29, 1.82) is 0 Å². The van der Waals surface area contributed by atoms with E-state index in [0.29, 0.717) is 11.8 Å². The topological polar surface area (TPSA) is 12.0 Å². The molecule has 2 heteroatoms. The van der Waals surface area contributed by atoms with E-state index in [1.807, 2.05) is 11.3 Å². The molecule has 20 heavy (non-hydrogen) atoms. The second-order valence-electron chi connectivity index (χ2n) is 5.61. The van der Waals surface area contributed by atoms with Crippen LogP contribution in [0.2, 0.25) is 0 Å².